The number of halogens is 2. The molecule has 0 aliphatic rings. The van der Waals surface area contributed by atoms with Gasteiger partial charge in [-0.2, -0.15) is 5.26 Å². The van der Waals surface area contributed by atoms with E-state index in [0.29, 0.717) is 6.54 Å². The number of benzene rings is 1. The first-order valence-electron chi connectivity index (χ1n) is 5.22. The van der Waals surface area contributed by atoms with E-state index in [0.717, 1.165) is 6.42 Å². The van der Waals surface area contributed by atoms with Crippen LogP contribution in [-0.4, -0.2) is 23.9 Å². The standard InChI is InChI=1S/C12H12BrFN2O/c1-2-7-16(8-6-15)12(17)9-4-3-5-10(14)11(9)13/h3-5H,2,7-8H2,1H3. The number of nitrogens with zero attached hydrogens (tertiary/aromatic N) is 2. The second-order valence-corrected chi connectivity index (χ2v) is 4.28. The molecule has 0 unspecified atom stereocenters. The fraction of sp³-hybridized carbons (Fsp3) is 0.333. The van der Waals surface area contributed by atoms with Crippen molar-refractivity contribution < 1.29 is 9.18 Å². The molecule has 1 aromatic rings. The lowest BCUT2D eigenvalue weighted by Crippen LogP contribution is -2.32. The van der Waals surface area contributed by atoms with Crippen LogP contribution in [0.5, 0.6) is 0 Å². The lowest BCUT2D eigenvalue weighted by molar-refractivity contribution is 0.0774. The van der Waals surface area contributed by atoms with Crippen LogP contribution in [-0.2, 0) is 0 Å². The van der Waals surface area contributed by atoms with E-state index in [2.05, 4.69) is 15.9 Å². The van der Waals surface area contributed by atoms with Crippen molar-refractivity contribution in [1.82, 2.24) is 4.90 Å². The van der Waals surface area contributed by atoms with Gasteiger partial charge in [0.25, 0.3) is 5.91 Å². The molecule has 0 aliphatic heterocycles. The number of carbonyl (C=O) groups excluding carboxylic acids is 1. The van der Waals surface area contributed by atoms with E-state index in [4.69, 9.17) is 5.26 Å². The number of nitriles is 1. The summed E-state index contributed by atoms with van der Waals surface area (Å²) in [7, 11) is 0. The Bertz CT molecular complexity index is 456. The summed E-state index contributed by atoms with van der Waals surface area (Å²) in [6, 6.07) is 6.22. The average Bonchev–Trinajstić information content (AvgIpc) is 2.31. The van der Waals surface area contributed by atoms with Gasteiger partial charge in [0.05, 0.1) is 16.1 Å². The predicted octanol–water partition coefficient (Wildman–Crippen LogP) is 2.96. The third-order valence-corrected chi connectivity index (χ3v) is 3.03. The Morgan fingerprint density at radius 3 is 2.88 bits per heavy atom. The second kappa shape index (κ2) is 6.36. The van der Waals surface area contributed by atoms with Crippen molar-refractivity contribution in [3.05, 3.63) is 34.1 Å². The Kier molecular flexibility index (Phi) is 5.11. The largest absolute Gasteiger partial charge is 0.325 e. The van der Waals surface area contributed by atoms with Gasteiger partial charge in [0.15, 0.2) is 0 Å². The lowest BCUT2D eigenvalue weighted by Gasteiger charge is -2.19. The van der Waals surface area contributed by atoms with Gasteiger partial charge in [0.1, 0.15) is 12.4 Å². The maximum absolute atomic E-state index is 13.3. The maximum atomic E-state index is 13.3. The number of carbonyl (C=O) groups is 1. The smallest absolute Gasteiger partial charge is 0.255 e. The fourth-order valence-corrected chi connectivity index (χ4v) is 1.88. The van der Waals surface area contributed by atoms with Crippen LogP contribution in [0.3, 0.4) is 0 Å². The molecule has 0 saturated carbocycles. The zero-order valence-electron chi connectivity index (χ0n) is 9.41. The van der Waals surface area contributed by atoms with Crippen LogP contribution >= 0.6 is 15.9 Å². The monoisotopic (exact) mass is 298 g/mol. The molecular weight excluding hydrogens is 287 g/mol. The van der Waals surface area contributed by atoms with Gasteiger partial charge in [-0.15, -0.1) is 0 Å². The van der Waals surface area contributed by atoms with Crippen molar-refractivity contribution in [3.8, 4) is 6.07 Å². The minimum Gasteiger partial charge on any atom is -0.325 e. The van der Waals surface area contributed by atoms with Crippen LogP contribution in [0, 0.1) is 17.1 Å². The minimum absolute atomic E-state index is 0.00955. The van der Waals surface area contributed by atoms with E-state index >= 15 is 0 Å². The third-order valence-electron chi connectivity index (χ3n) is 2.22. The summed E-state index contributed by atoms with van der Waals surface area (Å²) in [5, 5.41) is 8.65. The molecule has 0 radical (unpaired) electrons. The molecule has 0 aromatic heterocycles. The van der Waals surface area contributed by atoms with Crippen molar-refractivity contribution in [2.75, 3.05) is 13.1 Å². The van der Waals surface area contributed by atoms with Gasteiger partial charge in [-0.1, -0.05) is 13.0 Å². The van der Waals surface area contributed by atoms with E-state index in [9.17, 15) is 9.18 Å². The highest BCUT2D eigenvalue weighted by molar-refractivity contribution is 9.10. The van der Waals surface area contributed by atoms with Crippen molar-refractivity contribution in [2.24, 2.45) is 0 Å². The predicted molar refractivity (Wildman–Crippen MR) is 65.9 cm³/mol. The van der Waals surface area contributed by atoms with Gasteiger partial charge in [-0.25, -0.2) is 4.39 Å². The highest BCUT2D eigenvalue weighted by Crippen LogP contribution is 2.21. The van der Waals surface area contributed by atoms with Crippen LogP contribution < -0.4 is 0 Å². The SMILES string of the molecule is CCCN(CC#N)C(=O)c1cccc(F)c1Br. The molecule has 0 bridgehead atoms. The van der Waals surface area contributed by atoms with Crippen LogP contribution in [0.15, 0.2) is 22.7 Å². The molecule has 17 heavy (non-hydrogen) atoms. The van der Waals surface area contributed by atoms with Crippen LogP contribution in [0.2, 0.25) is 0 Å². The molecule has 5 heteroatoms. The maximum Gasteiger partial charge on any atom is 0.255 e. The van der Waals surface area contributed by atoms with Crippen molar-refractivity contribution in [3.63, 3.8) is 0 Å². The molecule has 0 atom stereocenters. The van der Waals surface area contributed by atoms with Gasteiger partial charge in [0.2, 0.25) is 0 Å². The molecule has 1 rings (SSSR count). The summed E-state index contributed by atoms with van der Waals surface area (Å²) in [5.74, 6) is -0.816. The second-order valence-electron chi connectivity index (χ2n) is 3.49. The summed E-state index contributed by atoms with van der Waals surface area (Å²) in [6.07, 6.45) is 0.750. The Morgan fingerprint density at radius 1 is 1.59 bits per heavy atom. The topological polar surface area (TPSA) is 44.1 Å². The quantitative estimate of drug-likeness (QED) is 0.802. The average molecular weight is 299 g/mol. The highest BCUT2D eigenvalue weighted by Gasteiger charge is 2.18. The lowest BCUT2D eigenvalue weighted by atomic mass is 10.2. The molecule has 0 spiro atoms. The normalized spacial score (nSPS) is 9.76. The van der Waals surface area contributed by atoms with Gasteiger partial charge in [-0.3, -0.25) is 4.79 Å². The highest BCUT2D eigenvalue weighted by atomic mass is 79.9. The van der Waals surface area contributed by atoms with Crippen LogP contribution in [0.1, 0.15) is 23.7 Å². The van der Waals surface area contributed by atoms with Crippen molar-refractivity contribution >= 4 is 21.8 Å². The zero-order valence-corrected chi connectivity index (χ0v) is 11.0. The molecular formula is C12H12BrFN2O. The number of hydrogen-bond acceptors (Lipinski definition) is 2. The van der Waals surface area contributed by atoms with E-state index in [1.165, 1.54) is 23.1 Å². The molecule has 0 heterocycles. The molecule has 0 fully saturated rings. The third kappa shape index (κ3) is 3.27. The summed E-state index contributed by atoms with van der Waals surface area (Å²) in [5.41, 5.74) is 0.244. The van der Waals surface area contributed by atoms with E-state index in [1.807, 2.05) is 13.0 Å². The summed E-state index contributed by atoms with van der Waals surface area (Å²) in [4.78, 5) is 13.5. The molecule has 1 aromatic carbocycles. The van der Waals surface area contributed by atoms with E-state index in [-0.39, 0.29) is 22.5 Å². The first kappa shape index (κ1) is 13.7. The fourth-order valence-electron chi connectivity index (χ4n) is 1.45. The van der Waals surface area contributed by atoms with E-state index in [1.54, 1.807) is 0 Å². The molecule has 0 aliphatic carbocycles. The first-order valence-corrected chi connectivity index (χ1v) is 6.01. The zero-order chi connectivity index (χ0) is 12.8. The number of amides is 1. The van der Waals surface area contributed by atoms with Crippen molar-refractivity contribution in [2.45, 2.75) is 13.3 Å². The molecule has 90 valence electrons. The summed E-state index contributed by atoms with van der Waals surface area (Å²) >= 11 is 3.05. The van der Waals surface area contributed by atoms with Gasteiger partial charge in [-0.05, 0) is 34.5 Å². The summed E-state index contributed by atoms with van der Waals surface area (Å²) in [6.45, 7) is 2.41. The van der Waals surface area contributed by atoms with Gasteiger partial charge < -0.3 is 4.90 Å². The Balaban J connectivity index is 3.01. The number of hydrogen-bond donors (Lipinski definition) is 0. The minimum atomic E-state index is -0.482. The Labute approximate surface area is 108 Å². The first-order chi connectivity index (χ1) is 8.11. The number of rotatable bonds is 4. The summed E-state index contributed by atoms with van der Waals surface area (Å²) < 4.78 is 13.4. The van der Waals surface area contributed by atoms with Gasteiger partial charge >= 0.3 is 0 Å². The van der Waals surface area contributed by atoms with Crippen LogP contribution in [0.25, 0.3) is 0 Å². The van der Waals surface area contributed by atoms with Crippen LogP contribution in [0.4, 0.5) is 4.39 Å². The van der Waals surface area contributed by atoms with Gasteiger partial charge in [0, 0.05) is 6.54 Å². The molecule has 0 saturated heterocycles. The Hall–Kier alpha value is -1.41. The molecule has 1 amide bonds. The van der Waals surface area contributed by atoms with E-state index < -0.39 is 5.82 Å². The van der Waals surface area contributed by atoms with Crippen molar-refractivity contribution in [1.29, 1.82) is 5.26 Å². The Morgan fingerprint density at radius 2 is 2.29 bits per heavy atom. The molecule has 3 nitrogen and oxygen atoms in total. The molecule has 0 N–H and O–H groups in total.